The lowest BCUT2D eigenvalue weighted by Gasteiger charge is -2.42. The average molecular weight is 550 g/mol. The van der Waals surface area contributed by atoms with Gasteiger partial charge in [-0.05, 0) is 48.2 Å². The van der Waals surface area contributed by atoms with Crippen LogP contribution in [0.3, 0.4) is 0 Å². The fourth-order valence-corrected chi connectivity index (χ4v) is 6.00. The minimum atomic E-state index is -4.49. The maximum absolute atomic E-state index is 13.9. The van der Waals surface area contributed by atoms with Gasteiger partial charge in [-0.2, -0.15) is 13.2 Å². The minimum Gasteiger partial charge on any atom is -0.337 e. The van der Waals surface area contributed by atoms with Crippen molar-refractivity contribution in [1.29, 1.82) is 0 Å². The van der Waals surface area contributed by atoms with Crippen LogP contribution in [0.25, 0.3) is 0 Å². The van der Waals surface area contributed by atoms with Gasteiger partial charge in [-0.25, -0.2) is 0 Å². The van der Waals surface area contributed by atoms with E-state index in [1.807, 2.05) is 24.3 Å². The average Bonchev–Trinajstić information content (AvgIpc) is 3.28. The van der Waals surface area contributed by atoms with Crippen molar-refractivity contribution in [3.8, 4) is 0 Å². The summed E-state index contributed by atoms with van der Waals surface area (Å²) in [6.07, 6.45) is -3.49. The number of nitrogens with zero attached hydrogens (tertiary/aromatic N) is 2. The number of hydrogen-bond donors (Lipinski definition) is 1. The van der Waals surface area contributed by atoms with Crippen LogP contribution < -0.4 is 5.32 Å². The lowest BCUT2D eigenvalue weighted by atomic mass is 9.74. The summed E-state index contributed by atoms with van der Waals surface area (Å²) >= 11 is 3.40. The van der Waals surface area contributed by atoms with Crippen LogP contribution in [0, 0.1) is 11.8 Å². The molecule has 2 aromatic carbocycles. The third-order valence-electron chi connectivity index (χ3n) is 7.43. The Kier molecular flexibility index (Phi) is 5.79. The van der Waals surface area contributed by atoms with Gasteiger partial charge in [0, 0.05) is 30.7 Å². The largest absolute Gasteiger partial charge is 0.416 e. The molecule has 3 aliphatic rings. The molecule has 184 valence electrons. The topological polar surface area (TPSA) is 69.7 Å². The Morgan fingerprint density at radius 2 is 1.69 bits per heavy atom. The summed E-state index contributed by atoms with van der Waals surface area (Å²) in [7, 11) is 1.40. The fourth-order valence-electron chi connectivity index (χ4n) is 5.74. The number of rotatable bonds is 3. The third kappa shape index (κ3) is 3.87. The van der Waals surface area contributed by atoms with Gasteiger partial charge >= 0.3 is 6.18 Å². The smallest absolute Gasteiger partial charge is 0.337 e. The molecule has 3 fully saturated rings. The van der Waals surface area contributed by atoms with Gasteiger partial charge in [0.15, 0.2) is 0 Å². The highest BCUT2D eigenvalue weighted by Crippen LogP contribution is 2.51. The van der Waals surface area contributed by atoms with Crippen LogP contribution in [-0.4, -0.2) is 46.7 Å². The molecule has 5 rings (SSSR count). The zero-order valence-corrected chi connectivity index (χ0v) is 20.4. The van der Waals surface area contributed by atoms with Crippen molar-refractivity contribution in [2.24, 2.45) is 11.8 Å². The Hall–Kier alpha value is -2.72. The van der Waals surface area contributed by atoms with Gasteiger partial charge < -0.3 is 4.90 Å². The summed E-state index contributed by atoms with van der Waals surface area (Å²) < 4.78 is 40.2. The quantitative estimate of drug-likeness (QED) is 0.589. The second kappa shape index (κ2) is 8.44. The highest BCUT2D eigenvalue weighted by atomic mass is 79.9. The summed E-state index contributed by atoms with van der Waals surface area (Å²) in [4.78, 5) is 43.0. The molecule has 4 atom stereocenters. The Balaban J connectivity index is 1.50. The molecule has 0 aromatic heterocycles. The summed E-state index contributed by atoms with van der Waals surface area (Å²) in [5.74, 6) is -2.88. The van der Waals surface area contributed by atoms with Crippen molar-refractivity contribution in [3.05, 3.63) is 69.7 Å². The number of hydrogen-bond acceptors (Lipinski definition) is 4. The number of amides is 3. The van der Waals surface area contributed by atoms with Gasteiger partial charge in [-0.15, -0.1) is 0 Å². The molecule has 0 unspecified atom stereocenters. The molecule has 3 amide bonds. The van der Waals surface area contributed by atoms with Crippen molar-refractivity contribution >= 4 is 33.7 Å². The number of carbonyl (C=O) groups is 3. The Morgan fingerprint density at radius 3 is 2.31 bits per heavy atom. The molecule has 3 aliphatic heterocycles. The standard InChI is InChI=1S/C25H23BrF3N3O3/c1-31-21(33)18-19(22(31)34)24(30-20(18)15-5-7-16(8-6-15)25(27,28)29)11-2-12-32(23(24)35)13-14-3-9-17(26)10-4-14/h3-10,18-20,30H,2,11-13H2,1H3/t18-,19-,20-,24-/m1/s1. The lowest BCUT2D eigenvalue weighted by Crippen LogP contribution is -2.63. The molecule has 0 saturated carbocycles. The number of alkyl halides is 3. The minimum absolute atomic E-state index is 0.257. The first kappa shape index (κ1) is 24.0. The molecule has 3 heterocycles. The van der Waals surface area contributed by atoms with Crippen molar-refractivity contribution in [2.75, 3.05) is 13.6 Å². The molecule has 6 nitrogen and oxygen atoms in total. The van der Waals surface area contributed by atoms with E-state index in [1.165, 1.54) is 19.2 Å². The van der Waals surface area contributed by atoms with E-state index in [0.29, 0.717) is 31.5 Å². The predicted molar refractivity (Wildman–Crippen MR) is 124 cm³/mol. The van der Waals surface area contributed by atoms with Crippen LogP contribution in [0.15, 0.2) is 53.0 Å². The van der Waals surface area contributed by atoms with E-state index >= 15 is 0 Å². The molecule has 1 N–H and O–H groups in total. The predicted octanol–water partition coefficient (Wildman–Crippen LogP) is 3.90. The number of likely N-dealkylation sites (tertiary alicyclic amines) is 2. The van der Waals surface area contributed by atoms with Crippen molar-refractivity contribution in [3.63, 3.8) is 0 Å². The van der Waals surface area contributed by atoms with Crippen LogP contribution in [0.1, 0.15) is 35.6 Å². The first-order chi connectivity index (χ1) is 16.5. The van der Waals surface area contributed by atoms with Crippen LogP contribution >= 0.6 is 15.9 Å². The summed E-state index contributed by atoms with van der Waals surface area (Å²) in [6, 6.07) is 11.4. The van der Waals surface area contributed by atoms with Gasteiger partial charge in [-0.3, -0.25) is 24.6 Å². The van der Waals surface area contributed by atoms with E-state index in [1.54, 1.807) is 4.90 Å². The van der Waals surface area contributed by atoms with Crippen LogP contribution in [0.5, 0.6) is 0 Å². The first-order valence-electron chi connectivity index (χ1n) is 11.3. The van der Waals surface area contributed by atoms with E-state index in [-0.39, 0.29) is 5.91 Å². The number of carbonyl (C=O) groups excluding carboxylic acids is 3. The number of piperidine rings is 1. The summed E-state index contributed by atoms with van der Waals surface area (Å²) in [5, 5.41) is 3.29. The second-order valence-corrected chi connectivity index (χ2v) is 10.3. The van der Waals surface area contributed by atoms with E-state index in [0.717, 1.165) is 27.1 Å². The number of imide groups is 1. The van der Waals surface area contributed by atoms with E-state index in [2.05, 4.69) is 21.2 Å². The van der Waals surface area contributed by atoms with Gasteiger partial charge in [0.05, 0.1) is 17.4 Å². The summed E-state index contributed by atoms with van der Waals surface area (Å²) in [6.45, 7) is 0.870. The molecule has 0 bridgehead atoms. The van der Waals surface area contributed by atoms with Crippen LogP contribution in [0.2, 0.25) is 0 Å². The van der Waals surface area contributed by atoms with Crippen LogP contribution in [-0.2, 0) is 27.1 Å². The highest BCUT2D eigenvalue weighted by Gasteiger charge is 2.68. The van der Waals surface area contributed by atoms with E-state index in [9.17, 15) is 27.6 Å². The molecule has 35 heavy (non-hydrogen) atoms. The first-order valence-corrected chi connectivity index (χ1v) is 12.1. The van der Waals surface area contributed by atoms with Gasteiger partial charge in [0.25, 0.3) is 0 Å². The molecular weight excluding hydrogens is 527 g/mol. The maximum Gasteiger partial charge on any atom is 0.416 e. The molecule has 3 saturated heterocycles. The van der Waals surface area contributed by atoms with E-state index in [4.69, 9.17) is 0 Å². The third-order valence-corrected chi connectivity index (χ3v) is 7.96. The molecule has 2 aromatic rings. The highest BCUT2D eigenvalue weighted by molar-refractivity contribution is 9.10. The molecule has 1 spiro atoms. The Labute approximate surface area is 208 Å². The van der Waals surface area contributed by atoms with Crippen molar-refractivity contribution in [2.45, 2.75) is 37.1 Å². The molecule has 10 heteroatoms. The summed E-state index contributed by atoms with van der Waals surface area (Å²) in [5.41, 5.74) is -0.716. The molecule has 0 radical (unpaired) electrons. The van der Waals surface area contributed by atoms with Crippen molar-refractivity contribution < 1.29 is 27.6 Å². The fraction of sp³-hybridized carbons (Fsp3) is 0.400. The number of nitrogens with one attached hydrogen (secondary N) is 1. The van der Waals surface area contributed by atoms with Crippen LogP contribution in [0.4, 0.5) is 13.2 Å². The van der Waals surface area contributed by atoms with Crippen molar-refractivity contribution in [1.82, 2.24) is 15.1 Å². The van der Waals surface area contributed by atoms with E-state index < -0.39 is 47.0 Å². The normalized spacial score (nSPS) is 28.8. The Morgan fingerprint density at radius 1 is 1.03 bits per heavy atom. The van der Waals surface area contributed by atoms with Gasteiger partial charge in [0.1, 0.15) is 5.54 Å². The van der Waals surface area contributed by atoms with Gasteiger partial charge in [-0.1, -0.05) is 40.2 Å². The number of fused-ring (bicyclic) bond motifs is 2. The lowest BCUT2D eigenvalue weighted by molar-refractivity contribution is -0.149. The SMILES string of the molecule is CN1C(=O)[C@H]2[C@@H](c3ccc(C(F)(F)F)cc3)N[C@]3(CCCN(Cc4ccc(Br)cc4)C3=O)[C@H]2C1=O. The monoisotopic (exact) mass is 549 g/mol. The zero-order valence-electron chi connectivity index (χ0n) is 18.8. The zero-order chi connectivity index (χ0) is 25.1. The number of benzene rings is 2. The second-order valence-electron chi connectivity index (χ2n) is 9.41. The Bertz CT molecular complexity index is 1190. The maximum atomic E-state index is 13.9. The molecule has 0 aliphatic carbocycles. The number of halogens is 4. The molecular formula is C25H23BrF3N3O3. The van der Waals surface area contributed by atoms with Gasteiger partial charge in [0.2, 0.25) is 17.7 Å².